The minimum Gasteiger partial charge on any atom is -0.395 e. The van der Waals surface area contributed by atoms with Crippen LogP contribution >= 0.6 is 0 Å². The molecule has 2 aliphatic rings. The van der Waals surface area contributed by atoms with Crippen LogP contribution in [-0.2, 0) is 22.9 Å². The van der Waals surface area contributed by atoms with E-state index in [4.69, 9.17) is 0 Å². The molecule has 116 valence electrons. The van der Waals surface area contributed by atoms with Crippen LogP contribution in [0.3, 0.4) is 0 Å². The molecule has 3 rings (SSSR count). The van der Waals surface area contributed by atoms with Crippen molar-refractivity contribution in [3.8, 4) is 0 Å². The molecule has 0 spiro atoms. The summed E-state index contributed by atoms with van der Waals surface area (Å²) < 4.78 is 27.2. The largest absolute Gasteiger partial charge is 0.395 e. The van der Waals surface area contributed by atoms with Gasteiger partial charge in [-0.3, -0.25) is 0 Å². The number of aryl methyl sites for hydroxylation is 2. The molecule has 1 heterocycles. The second-order valence-corrected chi connectivity index (χ2v) is 7.98. The summed E-state index contributed by atoms with van der Waals surface area (Å²) in [5, 5.41) is 9.46. The average molecular weight is 309 g/mol. The first-order chi connectivity index (χ1) is 10.1. The van der Waals surface area contributed by atoms with Gasteiger partial charge in [0.15, 0.2) is 0 Å². The number of sulfonamides is 1. The maximum Gasteiger partial charge on any atom is 0.243 e. The fraction of sp³-hybridized carbons (Fsp3) is 0.625. The van der Waals surface area contributed by atoms with E-state index in [2.05, 4.69) is 0 Å². The zero-order valence-corrected chi connectivity index (χ0v) is 13.1. The number of benzene rings is 1. The molecule has 1 fully saturated rings. The first-order valence-electron chi connectivity index (χ1n) is 7.87. The Labute approximate surface area is 126 Å². The molecule has 1 atom stereocenters. The number of aliphatic hydroxyl groups excluding tert-OH is 1. The quantitative estimate of drug-likeness (QED) is 0.930. The topological polar surface area (TPSA) is 57.6 Å². The van der Waals surface area contributed by atoms with Crippen molar-refractivity contribution in [1.82, 2.24) is 4.31 Å². The summed E-state index contributed by atoms with van der Waals surface area (Å²) in [6, 6.07) is 5.30. The van der Waals surface area contributed by atoms with Gasteiger partial charge in [-0.05, 0) is 61.8 Å². The molecule has 4 nitrogen and oxygen atoms in total. The predicted molar refractivity (Wildman–Crippen MR) is 81.7 cm³/mol. The average Bonchev–Trinajstić information content (AvgIpc) is 2.54. The van der Waals surface area contributed by atoms with Gasteiger partial charge in [0.05, 0.1) is 11.5 Å². The van der Waals surface area contributed by atoms with Crippen LogP contribution in [-0.4, -0.2) is 37.0 Å². The lowest BCUT2D eigenvalue weighted by atomic mass is 9.92. The number of hydrogen-bond acceptors (Lipinski definition) is 3. The van der Waals surface area contributed by atoms with E-state index in [0.717, 1.165) is 38.5 Å². The van der Waals surface area contributed by atoms with Crippen molar-refractivity contribution in [1.29, 1.82) is 0 Å². The van der Waals surface area contributed by atoms with Gasteiger partial charge in [0, 0.05) is 12.6 Å². The van der Waals surface area contributed by atoms with Crippen molar-refractivity contribution in [3.05, 3.63) is 29.3 Å². The van der Waals surface area contributed by atoms with Crippen LogP contribution in [0.1, 0.15) is 43.2 Å². The summed E-state index contributed by atoms with van der Waals surface area (Å²) in [6.07, 6.45) is 6.97. The third-order valence-electron chi connectivity index (χ3n) is 4.71. The Morgan fingerprint density at radius 2 is 1.86 bits per heavy atom. The zero-order chi connectivity index (χ0) is 14.9. The van der Waals surface area contributed by atoms with Crippen molar-refractivity contribution < 1.29 is 13.5 Å². The summed E-state index contributed by atoms with van der Waals surface area (Å²) >= 11 is 0. The van der Waals surface area contributed by atoms with Crippen molar-refractivity contribution in [2.75, 3.05) is 13.2 Å². The number of aliphatic hydroxyl groups is 1. The van der Waals surface area contributed by atoms with Crippen LogP contribution in [0.2, 0.25) is 0 Å². The summed E-state index contributed by atoms with van der Waals surface area (Å²) in [4.78, 5) is 0.392. The minimum atomic E-state index is -3.48. The SMILES string of the molecule is O=S(=O)(c1ccc2c(c1)CCCC2)N1CCCCC1CO. The van der Waals surface area contributed by atoms with Crippen LogP contribution in [0.4, 0.5) is 0 Å². The van der Waals surface area contributed by atoms with Gasteiger partial charge in [0.25, 0.3) is 0 Å². The van der Waals surface area contributed by atoms with Crippen LogP contribution in [0.25, 0.3) is 0 Å². The lowest BCUT2D eigenvalue weighted by molar-refractivity contribution is 0.155. The summed E-state index contributed by atoms with van der Waals surface area (Å²) in [7, 11) is -3.48. The monoisotopic (exact) mass is 309 g/mol. The van der Waals surface area contributed by atoms with E-state index in [-0.39, 0.29) is 12.6 Å². The lowest BCUT2D eigenvalue weighted by Gasteiger charge is -2.33. The fourth-order valence-electron chi connectivity index (χ4n) is 3.48. The van der Waals surface area contributed by atoms with Crippen LogP contribution < -0.4 is 0 Å². The van der Waals surface area contributed by atoms with E-state index in [1.165, 1.54) is 21.9 Å². The Morgan fingerprint density at radius 3 is 2.62 bits per heavy atom. The van der Waals surface area contributed by atoms with Crippen molar-refractivity contribution in [3.63, 3.8) is 0 Å². The smallest absolute Gasteiger partial charge is 0.243 e. The molecule has 1 aliphatic heterocycles. The van der Waals surface area contributed by atoms with Crippen molar-refractivity contribution in [2.45, 2.75) is 55.9 Å². The van der Waals surface area contributed by atoms with E-state index in [9.17, 15) is 13.5 Å². The van der Waals surface area contributed by atoms with E-state index in [1.807, 2.05) is 12.1 Å². The van der Waals surface area contributed by atoms with Gasteiger partial charge in [-0.15, -0.1) is 0 Å². The second kappa shape index (κ2) is 6.07. The standard InChI is InChI=1S/C16H23NO3S/c18-12-15-7-3-4-10-17(15)21(19,20)16-9-8-13-5-1-2-6-14(13)11-16/h8-9,11,15,18H,1-7,10,12H2. The van der Waals surface area contributed by atoms with E-state index in [0.29, 0.717) is 11.4 Å². The highest BCUT2D eigenvalue weighted by molar-refractivity contribution is 7.89. The van der Waals surface area contributed by atoms with Crippen LogP contribution in [0, 0.1) is 0 Å². The first-order valence-corrected chi connectivity index (χ1v) is 9.31. The Balaban J connectivity index is 1.94. The maximum absolute atomic E-state index is 12.9. The molecular weight excluding hydrogens is 286 g/mol. The Kier molecular flexibility index (Phi) is 4.33. The third kappa shape index (κ3) is 2.87. The molecule has 21 heavy (non-hydrogen) atoms. The summed E-state index contributed by atoms with van der Waals surface area (Å²) in [6.45, 7) is 0.425. The van der Waals surface area contributed by atoms with Gasteiger partial charge in [-0.2, -0.15) is 4.31 Å². The number of nitrogens with zero attached hydrogens (tertiary/aromatic N) is 1. The molecule has 5 heteroatoms. The Hall–Kier alpha value is -0.910. The highest BCUT2D eigenvalue weighted by Gasteiger charge is 2.33. The molecule has 0 saturated carbocycles. The maximum atomic E-state index is 12.9. The van der Waals surface area contributed by atoms with E-state index >= 15 is 0 Å². The van der Waals surface area contributed by atoms with Crippen molar-refractivity contribution >= 4 is 10.0 Å². The molecule has 1 aromatic carbocycles. The van der Waals surface area contributed by atoms with E-state index in [1.54, 1.807) is 6.07 Å². The minimum absolute atomic E-state index is 0.0931. The zero-order valence-electron chi connectivity index (χ0n) is 12.3. The fourth-order valence-corrected chi connectivity index (χ4v) is 5.21. The van der Waals surface area contributed by atoms with Gasteiger partial charge in [-0.1, -0.05) is 12.5 Å². The molecule has 0 amide bonds. The molecular formula is C16H23NO3S. The predicted octanol–water partition coefficient (Wildman–Crippen LogP) is 2.10. The molecule has 0 aromatic heterocycles. The Morgan fingerprint density at radius 1 is 1.10 bits per heavy atom. The first kappa shape index (κ1) is 15.0. The molecule has 1 aromatic rings. The molecule has 1 saturated heterocycles. The molecule has 1 unspecified atom stereocenters. The highest BCUT2D eigenvalue weighted by Crippen LogP contribution is 2.28. The molecule has 1 N–H and O–H groups in total. The number of fused-ring (bicyclic) bond motifs is 1. The van der Waals surface area contributed by atoms with Gasteiger partial charge in [-0.25, -0.2) is 8.42 Å². The summed E-state index contributed by atoms with van der Waals surface area (Å²) in [5.74, 6) is 0. The van der Waals surface area contributed by atoms with E-state index < -0.39 is 10.0 Å². The lowest BCUT2D eigenvalue weighted by Crippen LogP contribution is -2.45. The van der Waals surface area contributed by atoms with Crippen molar-refractivity contribution in [2.24, 2.45) is 0 Å². The van der Waals surface area contributed by atoms with Gasteiger partial charge in [0.2, 0.25) is 10.0 Å². The summed E-state index contributed by atoms with van der Waals surface area (Å²) in [5.41, 5.74) is 2.47. The molecule has 1 aliphatic carbocycles. The van der Waals surface area contributed by atoms with Gasteiger partial charge < -0.3 is 5.11 Å². The Bertz CT molecular complexity index is 612. The second-order valence-electron chi connectivity index (χ2n) is 6.09. The van der Waals surface area contributed by atoms with Crippen LogP contribution in [0.15, 0.2) is 23.1 Å². The van der Waals surface area contributed by atoms with Crippen LogP contribution in [0.5, 0.6) is 0 Å². The normalized spacial score (nSPS) is 23.8. The van der Waals surface area contributed by atoms with Gasteiger partial charge >= 0.3 is 0 Å². The third-order valence-corrected chi connectivity index (χ3v) is 6.66. The van der Waals surface area contributed by atoms with Gasteiger partial charge in [0.1, 0.15) is 0 Å². The highest BCUT2D eigenvalue weighted by atomic mass is 32.2. The number of piperidine rings is 1. The number of hydrogen-bond donors (Lipinski definition) is 1. The molecule has 0 radical (unpaired) electrons. The molecule has 0 bridgehead atoms. The number of rotatable bonds is 3.